The Labute approximate surface area is 126 Å². The molecule has 0 heterocycles. The molecule has 0 saturated carbocycles. The van der Waals surface area contributed by atoms with Gasteiger partial charge < -0.3 is 20.9 Å². The fraction of sp³-hybridized carbons (Fsp3) is 0.562. The standard InChI is InChI=1S/C16H26N2O3/c1-3-16(4-2,12-19)11-18-13-7-5-6-8-14(13)21-10-9-15(17)20/h5-8,18-19H,3-4,9-12H2,1-2H3,(H2,17,20). The molecule has 0 atom stereocenters. The third-order valence-corrected chi connectivity index (χ3v) is 3.98. The first kappa shape index (κ1) is 17.3. The number of nitrogens with two attached hydrogens (primary N) is 1. The summed E-state index contributed by atoms with van der Waals surface area (Å²) in [5, 5.41) is 12.9. The second kappa shape index (κ2) is 8.52. The highest BCUT2D eigenvalue weighted by Crippen LogP contribution is 2.29. The average molecular weight is 294 g/mol. The molecule has 0 saturated heterocycles. The lowest BCUT2D eigenvalue weighted by atomic mass is 9.83. The number of aliphatic hydroxyl groups is 1. The van der Waals surface area contributed by atoms with E-state index in [4.69, 9.17) is 10.5 Å². The van der Waals surface area contributed by atoms with E-state index in [1.807, 2.05) is 24.3 Å². The lowest BCUT2D eigenvalue weighted by Gasteiger charge is -2.30. The number of hydrogen-bond donors (Lipinski definition) is 3. The zero-order valence-corrected chi connectivity index (χ0v) is 12.9. The second-order valence-corrected chi connectivity index (χ2v) is 5.28. The predicted octanol–water partition coefficient (Wildman–Crippen LogP) is 2.15. The van der Waals surface area contributed by atoms with Gasteiger partial charge in [0.2, 0.25) is 5.91 Å². The van der Waals surface area contributed by atoms with E-state index in [2.05, 4.69) is 19.2 Å². The number of primary amides is 1. The molecule has 0 aromatic heterocycles. The summed E-state index contributed by atoms with van der Waals surface area (Å²) < 4.78 is 5.59. The third kappa shape index (κ3) is 5.27. The number of amides is 1. The number of hydrogen-bond acceptors (Lipinski definition) is 4. The van der Waals surface area contributed by atoms with Gasteiger partial charge in [-0.25, -0.2) is 0 Å². The Hall–Kier alpha value is -1.75. The summed E-state index contributed by atoms with van der Waals surface area (Å²) in [5.41, 5.74) is 5.84. The maximum Gasteiger partial charge on any atom is 0.220 e. The summed E-state index contributed by atoms with van der Waals surface area (Å²) in [6, 6.07) is 7.57. The van der Waals surface area contributed by atoms with Crippen LogP contribution in [-0.2, 0) is 4.79 Å². The van der Waals surface area contributed by atoms with Crippen LogP contribution in [0, 0.1) is 5.41 Å². The molecule has 0 unspecified atom stereocenters. The van der Waals surface area contributed by atoms with Crippen LogP contribution in [-0.4, -0.2) is 30.8 Å². The van der Waals surface area contributed by atoms with Gasteiger partial charge in [-0.2, -0.15) is 0 Å². The number of carbonyl (C=O) groups is 1. The predicted molar refractivity (Wildman–Crippen MR) is 84.3 cm³/mol. The van der Waals surface area contributed by atoms with Gasteiger partial charge in [0, 0.05) is 12.0 Å². The molecule has 118 valence electrons. The fourth-order valence-electron chi connectivity index (χ4n) is 2.06. The van der Waals surface area contributed by atoms with Crippen LogP contribution in [0.1, 0.15) is 33.1 Å². The lowest BCUT2D eigenvalue weighted by molar-refractivity contribution is -0.118. The summed E-state index contributed by atoms with van der Waals surface area (Å²) in [6.07, 6.45) is 1.99. The molecule has 0 fully saturated rings. The van der Waals surface area contributed by atoms with Crippen molar-refractivity contribution in [2.75, 3.05) is 25.1 Å². The van der Waals surface area contributed by atoms with Crippen LogP contribution in [0.3, 0.4) is 0 Å². The molecule has 0 aliphatic carbocycles. The molecular weight excluding hydrogens is 268 g/mol. The van der Waals surface area contributed by atoms with Crippen LogP contribution < -0.4 is 15.8 Å². The summed E-state index contributed by atoms with van der Waals surface area (Å²) in [5.74, 6) is 0.314. The SMILES string of the molecule is CCC(CC)(CO)CNc1ccccc1OCCC(N)=O. The van der Waals surface area contributed by atoms with Crippen molar-refractivity contribution >= 4 is 11.6 Å². The molecule has 0 radical (unpaired) electrons. The largest absolute Gasteiger partial charge is 0.491 e. The Balaban J connectivity index is 2.68. The first-order valence-electron chi connectivity index (χ1n) is 7.41. The van der Waals surface area contributed by atoms with Gasteiger partial charge in [0.15, 0.2) is 0 Å². The van der Waals surface area contributed by atoms with Crippen LogP contribution >= 0.6 is 0 Å². The summed E-state index contributed by atoms with van der Waals surface area (Å²) in [7, 11) is 0. The molecule has 0 aliphatic rings. The van der Waals surface area contributed by atoms with E-state index in [1.54, 1.807) is 0 Å². The van der Waals surface area contributed by atoms with Crippen LogP contribution in [0.5, 0.6) is 5.75 Å². The normalized spacial score (nSPS) is 11.2. The Morgan fingerprint density at radius 1 is 1.33 bits per heavy atom. The van der Waals surface area contributed by atoms with Crippen LogP contribution in [0.4, 0.5) is 5.69 Å². The molecule has 5 heteroatoms. The Morgan fingerprint density at radius 2 is 2.00 bits per heavy atom. The van der Waals surface area contributed by atoms with Crippen molar-refractivity contribution in [1.82, 2.24) is 0 Å². The Bertz CT molecular complexity index is 437. The smallest absolute Gasteiger partial charge is 0.220 e. The van der Waals surface area contributed by atoms with Crippen molar-refractivity contribution in [2.24, 2.45) is 11.1 Å². The van der Waals surface area contributed by atoms with Gasteiger partial charge in [-0.15, -0.1) is 0 Å². The minimum atomic E-state index is -0.378. The Kier molecular flexibility index (Phi) is 7.02. The molecule has 0 spiro atoms. The van der Waals surface area contributed by atoms with E-state index >= 15 is 0 Å². The van der Waals surface area contributed by atoms with Crippen LogP contribution in [0.2, 0.25) is 0 Å². The summed E-state index contributed by atoms with van der Waals surface area (Å²) in [6.45, 7) is 5.25. The van der Waals surface area contributed by atoms with Crippen molar-refractivity contribution in [3.05, 3.63) is 24.3 Å². The van der Waals surface area contributed by atoms with Crippen molar-refractivity contribution in [3.8, 4) is 5.75 Å². The van der Waals surface area contributed by atoms with Gasteiger partial charge >= 0.3 is 0 Å². The summed E-state index contributed by atoms with van der Waals surface area (Å²) in [4.78, 5) is 10.7. The van der Waals surface area contributed by atoms with Crippen molar-refractivity contribution in [1.29, 1.82) is 0 Å². The van der Waals surface area contributed by atoms with Crippen molar-refractivity contribution in [3.63, 3.8) is 0 Å². The quantitative estimate of drug-likeness (QED) is 0.617. The molecule has 1 rings (SSSR count). The van der Waals surface area contributed by atoms with Crippen molar-refractivity contribution < 1.29 is 14.6 Å². The zero-order valence-electron chi connectivity index (χ0n) is 12.9. The van der Waals surface area contributed by atoms with Gasteiger partial charge in [-0.05, 0) is 25.0 Å². The highest BCUT2D eigenvalue weighted by atomic mass is 16.5. The number of rotatable bonds is 10. The number of para-hydroxylation sites is 2. The highest BCUT2D eigenvalue weighted by molar-refractivity contribution is 5.73. The van der Waals surface area contributed by atoms with E-state index in [0.29, 0.717) is 12.3 Å². The topological polar surface area (TPSA) is 84.6 Å². The average Bonchev–Trinajstić information content (AvgIpc) is 2.50. The lowest BCUT2D eigenvalue weighted by Crippen LogP contribution is -2.32. The van der Waals surface area contributed by atoms with Gasteiger partial charge in [-0.3, -0.25) is 4.79 Å². The Morgan fingerprint density at radius 3 is 2.57 bits per heavy atom. The van der Waals surface area contributed by atoms with E-state index in [0.717, 1.165) is 18.5 Å². The first-order valence-corrected chi connectivity index (χ1v) is 7.41. The molecule has 21 heavy (non-hydrogen) atoms. The number of aliphatic hydroxyl groups excluding tert-OH is 1. The second-order valence-electron chi connectivity index (χ2n) is 5.28. The minimum absolute atomic E-state index is 0.125. The van der Waals surface area contributed by atoms with Gasteiger partial charge in [0.05, 0.1) is 25.3 Å². The van der Waals surface area contributed by atoms with Gasteiger partial charge in [0.25, 0.3) is 0 Å². The van der Waals surface area contributed by atoms with E-state index in [1.165, 1.54) is 0 Å². The van der Waals surface area contributed by atoms with Gasteiger partial charge in [-0.1, -0.05) is 26.0 Å². The number of ether oxygens (including phenoxy) is 1. The van der Waals surface area contributed by atoms with Crippen molar-refractivity contribution in [2.45, 2.75) is 33.1 Å². The zero-order chi connectivity index (χ0) is 15.7. The van der Waals surface area contributed by atoms with E-state index < -0.39 is 0 Å². The maximum absolute atomic E-state index is 10.7. The molecule has 1 amide bonds. The third-order valence-electron chi connectivity index (χ3n) is 3.98. The summed E-state index contributed by atoms with van der Waals surface area (Å²) >= 11 is 0. The van der Waals surface area contributed by atoms with Crippen LogP contribution in [0.25, 0.3) is 0 Å². The number of anilines is 1. The number of benzene rings is 1. The molecule has 1 aromatic rings. The van der Waals surface area contributed by atoms with E-state index in [9.17, 15) is 9.90 Å². The van der Waals surface area contributed by atoms with Gasteiger partial charge in [0.1, 0.15) is 5.75 Å². The monoisotopic (exact) mass is 294 g/mol. The number of nitrogens with one attached hydrogen (secondary N) is 1. The molecule has 4 N–H and O–H groups in total. The number of carbonyl (C=O) groups excluding carboxylic acids is 1. The fourth-order valence-corrected chi connectivity index (χ4v) is 2.06. The molecule has 0 bridgehead atoms. The minimum Gasteiger partial charge on any atom is -0.491 e. The van der Waals surface area contributed by atoms with Crippen LogP contribution in [0.15, 0.2) is 24.3 Å². The highest BCUT2D eigenvalue weighted by Gasteiger charge is 2.25. The molecular formula is C16H26N2O3. The maximum atomic E-state index is 10.7. The molecule has 5 nitrogen and oxygen atoms in total. The molecule has 1 aromatic carbocycles. The molecule has 0 aliphatic heterocycles. The first-order chi connectivity index (χ1) is 10.1. The van der Waals surface area contributed by atoms with E-state index in [-0.39, 0.29) is 31.0 Å².